The minimum atomic E-state index is -3.93. The summed E-state index contributed by atoms with van der Waals surface area (Å²) in [6, 6.07) is 12.5. The number of nitrogens with zero attached hydrogens (tertiary/aromatic N) is 2. The van der Waals surface area contributed by atoms with E-state index < -0.39 is 74.7 Å². The number of hydrogen-bond donors (Lipinski definition) is 4. The van der Waals surface area contributed by atoms with Crippen LogP contribution in [0.2, 0.25) is 0 Å². The first-order valence-corrected chi connectivity index (χ1v) is 21.9. The molecular weight excluding hydrogens is 779 g/mol. The fraction of sp³-hybridized carbons (Fsp3) is 0.512. The van der Waals surface area contributed by atoms with Crippen molar-refractivity contribution in [1.29, 1.82) is 0 Å². The SMILES string of the molecule is COc1ccc2c(O[C@@H]3C[C@H]4C(=O)N[C@]5(C(=O)NS(=O)(=O)C6CC6)CC5/C=C\CC[C@@H](C)C[C@@H](C)[C@H](NC(=O)O)C(=O)N4C3)nc(-c3ccc(OC(C)C)cc3)cc2c1. The zero-order chi connectivity index (χ0) is 42.2. The number of nitrogens with one attached hydrogen (secondary N) is 3. The van der Waals surface area contributed by atoms with Gasteiger partial charge in [0, 0.05) is 23.3 Å². The average Bonchev–Trinajstić information content (AvgIpc) is 4.11. The first-order valence-electron chi connectivity index (χ1n) is 20.3. The lowest BCUT2D eigenvalue weighted by atomic mass is 9.88. The van der Waals surface area contributed by atoms with Crippen molar-refractivity contribution < 1.29 is 46.9 Å². The van der Waals surface area contributed by atoms with E-state index in [0.29, 0.717) is 48.3 Å². The molecule has 1 aromatic heterocycles. The van der Waals surface area contributed by atoms with Gasteiger partial charge in [-0.25, -0.2) is 18.2 Å². The number of carbonyl (C=O) groups is 4. The second-order valence-electron chi connectivity index (χ2n) is 16.8. The molecule has 3 heterocycles. The van der Waals surface area contributed by atoms with Crippen LogP contribution in [0.1, 0.15) is 72.6 Å². The maximum absolute atomic E-state index is 14.6. The van der Waals surface area contributed by atoms with E-state index in [0.717, 1.165) is 17.4 Å². The molecule has 316 valence electrons. The van der Waals surface area contributed by atoms with E-state index in [-0.39, 0.29) is 37.3 Å². The molecule has 4 aliphatic rings. The minimum absolute atomic E-state index is 0.00244. The minimum Gasteiger partial charge on any atom is -0.497 e. The number of methoxy groups -OCH3 is 1. The van der Waals surface area contributed by atoms with Crippen LogP contribution < -0.4 is 29.6 Å². The van der Waals surface area contributed by atoms with Crippen molar-refractivity contribution in [2.45, 2.75) is 108 Å². The Labute approximate surface area is 344 Å². The molecule has 3 fully saturated rings. The molecule has 7 rings (SSSR count). The lowest BCUT2D eigenvalue weighted by Crippen LogP contribution is -2.59. The van der Waals surface area contributed by atoms with Crippen molar-refractivity contribution in [1.82, 2.24) is 25.2 Å². The average molecular weight is 832 g/mol. The molecule has 3 aromatic rings. The molecule has 1 unspecified atom stereocenters. The van der Waals surface area contributed by atoms with Gasteiger partial charge in [0.25, 0.3) is 5.91 Å². The lowest BCUT2D eigenvalue weighted by molar-refractivity contribution is -0.142. The predicted molar refractivity (Wildman–Crippen MR) is 219 cm³/mol. The van der Waals surface area contributed by atoms with E-state index in [1.807, 2.05) is 82.3 Å². The number of aromatic nitrogens is 1. The van der Waals surface area contributed by atoms with Crippen LogP contribution in [0.25, 0.3) is 22.0 Å². The maximum Gasteiger partial charge on any atom is 0.405 e. The molecule has 2 aromatic carbocycles. The Bertz CT molecular complexity index is 2240. The molecular formula is C43H53N5O10S. The van der Waals surface area contributed by atoms with Crippen LogP contribution in [0.5, 0.6) is 17.4 Å². The summed E-state index contributed by atoms with van der Waals surface area (Å²) in [6.07, 6.45) is 4.56. The number of carbonyl (C=O) groups excluding carboxylic acids is 3. The summed E-state index contributed by atoms with van der Waals surface area (Å²) in [5.74, 6) is -1.32. The summed E-state index contributed by atoms with van der Waals surface area (Å²) >= 11 is 0. The van der Waals surface area contributed by atoms with Crippen molar-refractivity contribution in [2.75, 3.05) is 13.7 Å². The zero-order valence-electron chi connectivity index (χ0n) is 34.0. The van der Waals surface area contributed by atoms with Crippen molar-refractivity contribution in [3.8, 4) is 28.6 Å². The normalized spacial score (nSPS) is 28.0. The Morgan fingerprint density at radius 1 is 1.02 bits per heavy atom. The standard InChI is InChI=1S/C43H53N5O10S/c1-24(2)57-30-12-10-27(11-13-30)35-20-28-19-31(56-5)14-17-34(28)39(44-35)58-32-21-36-38(49)46-43(41(51)47-59(54,55)33-15-16-33)22-29(43)9-7-6-8-25(3)18-26(4)37(45-42(52)53)40(50)48(36)23-32/h7,9-14,17,19-20,24-26,29,32-33,36-37,45H,6,8,15-16,18,21-23H2,1-5H3,(H,46,49)(H,47,51)(H,52,53)/b9-7-/t25-,26-,29?,32-,36+,37+,43-/m1/s1. The largest absolute Gasteiger partial charge is 0.497 e. The van der Waals surface area contributed by atoms with Gasteiger partial charge >= 0.3 is 6.09 Å². The van der Waals surface area contributed by atoms with Gasteiger partial charge in [-0.3, -0.25) is 19.1 Å². The second kappa shape index (κ2) is 16.7. The van der Waals surface area contributed by atoms with Gasteiger partial charge in [0.15, 0.2) is 0 Å². The molecule has 16 heteroatoms. The highest BCUT2D eigenvalue weighted by Crippen LogP contribution is 2.46. The summed E-state index contributed by atoms with van der Waals surface area (Å²) in [7, 11) is -2.36. The molecule has 59 heavy (non-hydrogen) atoms. The van der Waals surface area contributed by atoms with Crippen molar-refractivity contribution in [2.24, 2.45) is 17.8 Å². The molecule has 2 aliphatic heterocycles. The Kier molecular flexibility index (Phi) is 11.8. The Morgan fingerprint density at radius 3 is 2.42 bits per heavy atom. The van der Waals surface area contributed by atoms with Crippen LogP contribution in [0.15, 0.2) is 60.7 Å². The second-order valence-corrected chi connectivity index (χ2v) is 18.7. The third-order valence-corrected chi connectivity index (χ3v) is 13.5. The first-order chi connectivity index (χ1) is 28.1. The number of allylic oxidation sites excluding steroid dienone is 1. The number of benzene rings is 2. The molecule has 0 bridgehead atoms. The molecule has 4 N–H and O–H groups in total. The highest BCUT2D eigenvalue weighted by atomic mass is 32.2. The maximum atomic E-state index is 14.6. The topological polar surface area (TPSA) is 203 Å². The van der Waals surface area contributed by atoms with Crippen LogP contribution in [0, 0.1) is 17.8 Å². The number of fused-ring (bicyclic) bond motifs is 3. The van der Waals surface area contributed by atoms with Crippen LogP contribution in [0.3, 0.4) is 0 Å². The molecule has 7 atom stereocenters. The number of carboxylic acid groups (broad SMARTS) is 1. The van der Waals surface area contributed by atoms with E-state index in [1.54, 1.807) is 13.2 Å². The van der Waals surface area contributed by atoms with Crippen molar-refractivity contribution in [3.05, 3.63) is 60.7 Å². The summed E-state index contributed by atoms with van der Waals surface area (Å²) in [5.41, 5.74) is -0.174. The van der Waals surface area contributed by atoms with Gasteiger partial charge in [-0.2, -0.15) is 0 Å². The molecule has 15 nitrogen and oxygen atoms in total. The predicted octanol–water partition coefficient (Wildman–Crippen LogP) is 5.18. The number of rotatable bonds is 10. The number of pyridine rings is 1. The Morgan fingerprint density at radius 2 is 1.75 bits per heavy atom. The van der Waals surface area contributed by atoms with Crippen LogP contribution in [-0.2, 0) is 24.4 Å². The molecule has 0 radical (unpaired) electrons. The number of sulfonamides is 1. The molecule has 2 aliphatic carbocycles. The summed E-state index contributed by atoms with van der Waals surface area (Å²) in [5, 5.41) is 15.9. The summed E-state index contributed by atoms with van der Waals surface area (Å²) in [6.45, 7) is 7.64. The van der Waals surface area contributed by atoms with Gasteiger partial charge in [-0.1, -0.05) is 26.0 Å². The molecule has 1 saturated heterocycles. The molecule has 2 saturated carbocycles. The summed E-state index contributed by atoms with van der Waals surface area (Å²) in [4.78, 5) is 61.3. The van der Waals surface area contributed by atoms with E-state index in [1.165, 1.54) is 4.90 Å². The van der Waals surface area contributed by atoms with E-state index in [4.69, 9.17) is 19.2 Å². The highest BCUT2D eigenvalue weighted by molar-refractivity contribution is 7.91. The smallest absolute Gasteiger partial charge is 0.405 e. The molecule has 4 amide bonds. The number of ether oxygens (including phenoxy) is 3. The van der Waals surface area contributed by atoms with Crippen molar-refractivity contribution >= 4 is 44.6 Å². The lowest BCUT2D eigenvalue weighted by Gasteiger charge is -2.32. The van der Waals surface area contributed by atoms with Gasteiger partial charge in [-0.15, -0.1) is 0 Å². The van der Waals surface area contributed by atoms with E-state index in [2.05, 4.69) is 15.4 Å². The zero-order valence-corrected chi connectivity index (χ0v) is 34.8. The third kappa shape index (κ3) is 9.27. The Balaban J connectivity index is 1.24. The fourth-order valence-corrected chi connectivity index (χ4v) is 9.70. The van der Waals surface area contributed by atoms with Gasteiger partial charge in [0.2, 0.25) is 27.7 Å². The van der Waals surface area contributed by atoms with E-state index >= 15 is 0 Å². The first kappa shape index (κ1) is 41.8. The number of hydrogen-bond acceptors (Lipinski definition) is 10. The quantitative estimate of drug-likeness (QED) is 0.196. The fourth-order valence-electron chi connectivity index (χ4n) is 8.33. The third-order valence-electron chi connectivity index (χ3n) is 11.7. The van der Waals surface area contributed by atoms with Gasteiger partial charge in [0.05, 0.1) is 30.7 Å². The Hall–Kier alpha value is -5.38. The van der Waals surface area contributed by atoms with Crippen molar-refractivity contribution in [3.63, 3.8) is 0 Å². The van der Waals surface area contributed by atoms with Crippen LogP contribution in [0.4, 0.5) is 4.79 Å². The summed E-state index contributed by atoms with van der Waals surface area (Å²) < 4.78 is 46.0. The van der Waals surface area contributed by atoms with Gasteiger partial charge in [-0.05, 0) is 118 Å². The highest BCUT2D eigenvalue weighted by Gasteiger charge is 2.62. The van der Waals surface area contributed by atoms with Gasteiger partial charge < -0.3 is 34.9 Å². The van der Waals surface area contributed by atoms with Gasteiger partial charge in [0.1, 0.15) is 35.2 Å². The van der Waals surface area contributed by atoms with Crippen LogP contribution >= 0.6 is 0 Å². The number of amides is 4. The monoisotopic (exact) mass is 831 g/mol. The molecule has 0 spiro atoms. The van der Waals surface area contributed by atoms with E-state index in [9.17, 15) is 32.7 Å². The van der Waals surface area contributed by atoms with Crippen LogP contribution in [-0.4, -0.2) is 96.0 Å².